The molecule has 0 atom stereocenters. The van der Waals surface area contributed by atoms with E-state index in [1.807, 2.05) is 18.2 Å². The number of hydrogen-bond acceptors (Lipinski definition) is 2. The Morgan fingerprint density at radius 1 is 1.29 bits per heavy atom. The fourth-order valence-corrected chi connectivity index (χ4v) is 2.71. The summed E-state index contributed by atoms with van der Waals surface area (Å²) in [5.74, 6) is -0.0512. The molecule has 0 bridgehead atoms. The standard InChI is InChI=1S/C10H12BrIO2/c11-9-2-1-8(10(12)4-9)3-7(5-13)6-14/h1-2,4,7,13-14H,3,5-6H2. The smallest absolute Gasteiger partial charge is 0.0484 e. The Morgan fingerprint density at radius 3 is 2.43 bits per heavy atom. The van der Waals surface area contributed by atoms with Crippen LogP contribution >= 0.6 is 38.5 Å². The van der Waals surface area contributed by atoms with Gasteiger partial charge >= 0.3 is 0 Å². The van der Waals surface area contributed by atoms with Crippen molar-refractivity contribution < 1.29 is 10.2 Å². The van der Waals surface area contributed by atoms with Gasteiger partial charge in [-0.05, 0) is 46.7 Å². The first-order chi connectivity index (χ1) is 6.67. The van der Waals surface area contributed by atoms with E-state index in [2.05, 4.69) is 38.5 Å². The molecule has 1 aromatic carbocycles. The highest BCUT2D eigenvalue weighted by Crippen LogP contribution is 2.20. The second kappa shape index (κ2) is 6.05. The van der Waals surface area contributed by atoms with Crippen molar-refractivity contribution in [3.8, 4) is 0 Å². The van der Waals surface area contributed by atoms with Crippen LogP contribution in [0.2, 0.25) is 0 Å². The van der Waals surface area contributed by atoms with E-state index in [9.17, 15) is 0 Å². The molecular weight excluding hydrogens is 359 g/mol. The predicted octanol–water partition coefficient (Wildman–Crippen LogP) is 2.20. The van der Waals surface area contributed by atoms with Crippen LogP contribution in [0.3, 0.4) is 0 Å². The fourth-order valence-electron chi connectivity index (χ4n) is 1.19. The predicted molar refractivity (Wildman–Crippen MR) is 68.2 cm³/mol. The summed E-state index contributed by atoms with van der Waals surface area (Å²) in [5.41, 5.74) is 1.17. The molecule has 0 aliphatic heterocycles. The van der Waals surface area contributed by atoms with E-state index in [0.29, 0.717) is 0 Å². The summed E-state index contributed by atoms with van der Waals surface area (Å²) in [6.45, 7) is 0.0608. The summed E-state index contributed by atoms with van der Waals surface area (Å²) < 4.78 is 2.21. The first-order valence-electron chi connectivity index (χ1n) is 4.33. The lowest BCUT2D eigenvalue weighted by molar-refractivity contribution is 0.150. The third-order valence-electron chi connectivity index (χ3n) is 2.04. The van der Waals surface area contributed by atoms with Gasteiger partial charge in [-0.25, -0.2) is 0 Å². The second-order valence-corrected chi connectivity index (χ2v) is 5.25. The van der Waals surface area contributed by atoms with Crippen molar-refractivity contribution in [3.05, 3.63) is 31.8 Å². The first kappa shape index (κ1) is 12.4. The molecular formula is C10H12BrIO2. The van der Waals surface area contributed by atoms with Gasteiger partial charge in [0.15, 0.2) is 0 Å². The molecule has 1 aromatic rings. The number of rotatable bonds is 4. The highest BCUT2D eigenvalue weighted by Gasteiger charge is 2.09. The molecule has 14 heavy (non-hydrogen) atoms. The molecule has 0 amide bonds. The van der Waals surface area contributed by atoms with E-state index in [1.54, 1.807) is 0 Å². The molecule has 78 valence electrons. The molecule has 2 N–H and O–H groups in total. The Morgan fingerprint density at radius 2 is 1.93 bits per heavy atom. The van der Waals surface area contributed by atoms with Crippen molar-refractivity contribution in [3.63, 3.8) is 0 Å². The third kappa shape index (κ3) is 3.49. The monoisotopic (exact) mass is 370 g/mol. The van der Waals surface area contributed by atoms with E-state index in [0.717, 1.165) is 14.5 Å². The van der Waals surface area contributed by atoms with Crippen LogP contribution < -0.4 is 0 Å². The summed E-state index contributed by atoms with van der Waals surface area (Å²) >= 11 is 5.65. The Hall–Kier alpha value is 0.350. The largest absolute Gasteiger partial charge is 0.396 e. The number of halogens is 2. The molecule has 0 spiro atoms. The highest BCUT2D eigenvalue weighted by molar-refractivity contribution is 14.1. The van der Waals surface area contributed by atoms with Crippen LogP contribution in [0.4, 0.5) is 0 Å². The first-order valence-corrected chi connectivity index (χ1v) is 6.20. The number of hydrogen-bond donors (Lipinski definition) is 2. The maximum atomic E-state index is 8.96. The Kier molecular flexibility index (Phi) is 5.36. The molecule has 4 heteroatoms. The van der Waals surface area contributed by atoms with Crippen molar-refractivity contribution in [2.75, 3.05) is 13.2 Å². The number of benzene rings is 1. The average molecular weight is 371 g/mol. The summed E-state index contributed by atoms with van der Waals surface area (Å²) in [4.78, 5) is 0. The molecule has 0 radical (unpaired) electrons. The SMILES string of the molecule is OCC(CO)Cc1ccc(Br)cc1I. The zero-order chi connectivity index (χ0) is 10.6. The van der Waals surface area contributed by atoms with Gasteiger partial charge in [-0.2, -0.15) is 0 Å². The van der Waals surface area contributed by atoms with Crippen molar-refractivity contribution in [1.82, 2.24) is 0 Å². The molecule has 0 aromatic heterocycles. The van der Waals surface area contributed by atoms with E-state index in [1.165, 1.54) is 5.56 Å². The van der Waals surface area contributed by atoms with Crippen LogP contribution in [0.5, 0.6) is 0 Å². The molecule has 0 saturated heterocycles. The van der Waals surface area contributed by atoms with Crippen LogP contribution in [0.15, 0.2) is 22.7 Å². The van der Waals surface area contributed by atoms with Crippen molar-refractivity contribution in [2.45, 2.75) is 6.42 Å². The van der Waals surface area contributed by atoms with Crippen LogP contribution in [0.1, 0.15) is 5.56 Å². The van der Waals surface area contributed by atoms with E-state index < -0.39 is 0 Å². The molecule has 0 unspecified atom stereocenters. The van der Waals surface area contributed by atoms with Gasteiger partial charge in [0, 0.05) is 27.2 Å². The van der Waals surface area contributed by atoms with E-state index in [-0.39, 0.29) is 19.1 Å². The fraction of sp³-hybridized carbons (Fsp3) is 0.400. The number of aliphatic hydroxyl groups excluding tert-OH is 2. The summed E-state index contributed by atoms with van der Waals surface area (Å²) in [6.07, 6.45) is 0.721. The van der Waals surface area contributed by atoms with Gasteiger partial charge in [0.05, 0.1) is 0 Å². The minimum Gasteiger partial charge on any atom is -0.396 e. The van der Waals surface area contributed by atoms with E-state index in [4.69, 9.17) is 10.2 Å². The maximum Gasteiger partial charge on any atom is 0.0484 e. The van der Waals surface area contributed by atoms with Gasteiger partial charge < -0.3 is 10.2 Å². The molecule has 1 rings (SSSR count). The maximum absolute atomic E-state index is 8.96. The molecule has 0 fully saturated rings. The average Bonchev–Trinajstić information content (AvgIpc) is 2.17. The van der Waals surface area contributed by atoms with Crippen LogP contribution in [0.25, 0.3) is 0 Å². The van der Waals surface area contributed by atoms with Gasteiger partial charge in [-0.15, -0.1) is 0 Å². The lowest BCUT2D eigenvalue weighted by Crippen LogP contribution is -2.14. The zero-order valence-electron chi connectivity index (χ0n) is 7.58. The molecule has 0 heterocycles. The zero-order valence-corrected chi connectivity index (χ0v) is 11.3. The van der Waals surface area contributed by atoms with Gasteiger partial charge in [0.25, 0.3) is 0 Å². The van der Waals surface area contributed by atoms with Crippen LogP contribution in [-0.4, -0.2) is 23.4 Å². The normalized spacial score (nSPS) is 10.9. The lowest BCUT2D eigenvalue weighted by atomic mass is 10.0. The van der Waals surface area contributed by atoms with Gasteiger partial charge in [-0.3, -0.25) is 0 Å². The van der Waals surface area contributed by atoms with Crippen LogP contribution in [0, 0.1) is 9.49 Å². The summed E-state index contributed by atoms with van der Waals surface area (Å²) in [5, 5.41) is 17.9. The van der Waals surface area contributed by atoms with Crippen LogP contribution in [-0.2, 0) is 6.42 Å². The molecule has 0 saturated carbocycles. The Balaban J connectivity index is 2.76. The molecule has 0 aliphatic rings. The number of aliphatic hydroxyl groups is 2. The Labute approximate surface area is 106 Å². The lowest BCUT2D eigenvalue weighted by Gasteiger charge is -2.12. The molecule has 2 nitrogen and oxygen atoms in total. The third-order valence-corrected chi connectivity index (χ3v) is 3.54. The van der Waals surface area contributed by atoms with Crippen molar-refractivity contribution in [1.29, 1.82) is 0 Å². The van der Waals surface area contributed by atoms with E-state index >= 15 is 0 Å². The second-order valence-electron chi connectivity index (χ2n) is 3.17. The Bertz CT molecular complexity index is 300. The van der Waals surface area contributed by atoms with Gasteiger partial charge in [-0.1, -0.05) is 22.0 Å². The highest BCUT2D eigenvalue weighted by atomic mass is 127. The quantitative estimate of drug-likeness (QED) is 0.797. The summed E-state index contributed by atoms with van der Waals surface area (Å²) in [7, 11) is 0. The van der Waals surface area contributed by atoms with Crippen molar-refractivity contribution >= 4 is 38.5 Å². The minimum atomic E-state index is -0.0512. The van der Waals surface area contributed by atoms with Gasteiger partial charge in [0.1, 0.15) is 0 Å². The topological polar surface area (TPSA) is 40.5 Å². The minimum absolute atomic E-state index is 0.0304. The summed E-state index contributed by atoms with van der Waals surface area (Å²) in [6, 6.07) is 6.02. The van der Waals surface area contributed by atoms with Gasteiger partial charge in [0.2, 0.25) is 0 Å². The van der Waals surface area contributed by atoms with Crippen molar-refractivity contribution in [2.24, 2.45) is 5.92 Å². The molecule has 0 aliphatic carbocycles.